The third-order valence-corrected chi connectivity index (χ3v) is 2.14. The summed E-state index contributed by atoms with van der Waals surface area (Å²) in [4.78, 5) is 22.1. The van der Waals surface area contributed by atoms with Crippen molar-refractivity contribution < 1.29 is 19.1 Å². The Kier molecular flexibility index (Phi) is 4.30. The van der Waals surface area contributed by atoms with Gasteiger partial charge in [0, 0.05) is 4.47 Å². The highest BCUT2D eigenvalue weighted by Gasteiger charge is 2.15. The predicted octanol–water partition coefficient (Wildman–Crippen LogP) is 2.08. The molecule has 0 aliphatic rings. The Morgan fingerprint density at radius 2 is 2.12 bits per heavy atom. The lowest BCUT2D eigenvalue weighted by Gasteiger charge is -2.08. The molecule has 1 aromatic rings. The van der Waals surface area contributed by atoms with Crippen molar-refractivity contribution in [3.8, 4) is 5.75 Å². The molecule has 0 fully saturated rings. The number of rotatable bonds is 3. The molecule has 1 aromatic carbocycles. The maximum atomic E-state index is 11.5. The van der Waals surface area contributed by atoms with Gasteiger partial charge in [0.2, 0.25) is 0 Å². The molecule has 0 unspecified atom stereocenters. The third-order valence-electron chi connectivity index (χ3n) is 1.65. The molecule has 6 heteroatoms. The molecule has 0 saturated heterocycles. The van der Waals surface area contributed by atoms with Crippen molar-refractivity contribution in [3.05, 3.63) is 28.2 Å². The summed E-state index contributed by atoms with van der Waals surface area (Å²) in [5.74, 6) is -0.491. The normalized spacial score (nSPS) is 9.62. The Balaban J connectivity index is 3.07. The van der Waals surface area contributed by atoms with E-state index in [2.05, 4.69) is 20.7 Å². The largest absolute Gasteiger partial charge is 0.462 e. The molecule has 0 atom stereocenters. The first-order valence-corrected chi connectivity index (χ1v) is 5.28. The number of carbonyl (C=O) groups excluding carboxylic acids is 2. The minimum Gasteiger partial charge on any atom is -0.462 e. The quantitative estimate of drug-likeness (QED) is 0.864. The molecule has 1 amide bonds. The smallest absolute Gasteiger partial charge is 0.409 e. The summed E-state index contributed by atoms with van der Waals surface area (Å²) < 4.78 is 10.2. The van der Waals surface area contributed by atoms with E-state index >= 15 is 0 Å². The number of halogens is 1. The van der Waals surface area contributed by atoms with Gasteiger partial charge < -0.3 is 15.2 Å². The van der Waals surface area contributed by atoms with Gasteiger partial charge >= 0.3 is 12.1 Å². The second kappa shape index (κ2) is 5.50. The van der Waals surface area contributed by atoms with Crippen LogP contribution in [0.15, 0.2) is 22.7 Å². The van der Waals surface area contributed by atoms with E-state index < -0.39 is 12.1 Å². The number of benzene rings is 1. The van der Waals surface area contributed by atoms with Gasteiger partial charge in [-0.2, -0.15) is 0 Å². The number of esters is 1. The van der Waals surface area contributed by atoms with Crippen LogP contribution in [0.5, 0.6) is 5.75 Å². The summed E-state index contributed by atoms with van der Waals surface area (Å²) in [7, 11) is 0. The van der Waals surface area contributed by atoms with Gasteiger partial charge in [0.15, 0.2) is 0 Å². The lowest BCUT2D eigenvalue weighted by molar-refractivity contribution is 0.0523. The van der Waals surface area contributed by atoms with Crippen LogP contribution in [0, 0.1) is 0 Å². The molecule has 2 N–H and O–H groups in total. The molecule has 86 valence electrons. The fourth-order valence-corrected chi connectivity index (χ4v) is 1.43. The molecule has 0 spiro atoms. The average molecular weight is 288 g/mol. The van der Waals surface area contributed by atoms with E-state index in [0.717, 1.165) is 0 Å². The van der Waals surface area contributed by atoms with E-state index in [-0.39, 0.29) is 17.9 Å². The molecule has 5 nitrogen and oxygen atoms in total. The van der Waals surface area contributed by atoms with Crippen LogP contribution in [0.2, 0.25) is 0 Å². The molecule has 0 bridgehead atoms. The van der Waals surface area contributed by atoms with E-state index in [1.165, 1.54) is 12.1 Å². The van der Waals surface area contributed by atoms with Crippen LogP contribution in [0.3, 0.4) is 0 Å². The third kappa shape index (κ3) is 3.23. The Hall–Kier alpha value is -1.56. The van der Waals surface area contributed by atoms with Gasteiger partial charge in [0.05, 0.1) is 6.61 Å². The summed E-state index contributed by atoms with van der Waals surface area (Å²) >= 11 is 3.20. The number of hydrogen-bond donors (Lipinski definition) is 1. The van der Waals surface area contributed by atoms with Crippen LogP contribution in [0.4, 0.5) is 4.79 Å². The van der Waals surface area contributed by atoms with Crippen molar-refractivity contribution in [3.63, 3.8) is 0 Å². The molecule has 0 aromatic heterocycles. The number of amides is 1. The fourth-order valence-electron chi connectivity index (χ4n) is 1.07. The molecular formula is C10H10BrNO4. The second-order valence-corrected chi connectivity index (χ2v) is 3.70. The van der Waals surface area contributed by atoms with E-state index in [1.807, 2.05) is 0 Å². The van der Waals surface area contributed by atoms with Gasteiger partial charge in [0.1, 0.15) is 11.3 Å². The monoisotopic (exact) mass is 287 g/mol. The van der Waals surface area contributed by atoms with E-state index in [0.29, 0.717) is 4.47 Å². The van der Waals surface area contributed by atoms with Gasteiger partial charge in [-0.05, 0) is 25.1 Å². The van der Waals surface area contributed by atoms with Gasteiger partial charge in [-0.1, -0.05) is 15.9 Å². The zero-order valence-electron chi connectivity index (χ0n) is 8.53. The van der Waals surface area contributed by atoms with Crippen molar-refractivity contribution >= 4 is 28.0 Å². The average Bonchev–Trinajstić information content (AvgIpc) is 2.20. The number of carbonyl (C=O) groups is 2. The number of nitrogens with two attached hydrogens (primary N) is 1. The first-order valence-electron chi connectivity index (χ1n) is 4.48. The summed E-state index contributed by atoms with van der Waals surface area (Å²) in [6.07, 6.45) is -0.979. The lowest BCUT2D eigenvalue weighted by atomic mass is 10.2. The first-order chi connectivity index (χ1) is 7.54. The summed E-state index contributed by atoms with van der Waals surface area (Å²) in [5, 5.41) is 0. The molecule has 1 rings (SSSR count). The Labute approximate surface area is 101 Å². The minimum atomic E-state index is -0.979. The van der Waals surface area contributed by atoms with Crippen LogP contribution in [0.1, 0.15) is 17.3 Å². The number of ether oxygens (including phenoxy) is 2. The van der Waals surface area contributed by atoms with Crippen LogP contribution in [0.25, 0.3) is 0 Å². The van der Waals surface area contributed by atoms with Crippen LogP contribution < -0.4 is 10.5 Å². The molecule has 0 saturated carbocycles. The molecule has 0 aliphatic heterocycles. The molecule has 0 heterocycles. The Morgan fingerprint density at radius 1 is 1.44 bits per heavy atom. The predicted molar refractivity (Wildman–Crippen MR) is 60.3 cm³/mol. The molecule has 16 heavy (non-hydrogen) atoms. The van der Waals surface area contributed by atoms with Gasteiger partial charge in [0.25, 0.3) is 0 Å². The Morgan fingerprint density at radius 3 is 2.69 bits per heavy atom. The zero-order chi connectivity index (χ0) is 12.1. The standard InChI is InChI=1S/C10H10BrNO4/c1-2-15-9(13)7-5-6(11)3-4-8(7)16-10(12)14/h3-5H,2H2,1H3,(H2,12,14). The maximum Gasteiger partial charge on any atom is 0.409 e. The molecule has 0 radical (unpaired) electrons. The highest BCUT2D eigenvalue weighted by atomic mass is 79.9. The van der Waals surface area contributed by atoms with E-state index in [1.54, 1.807) is 13.0 Å². The highest BCUT2D eigenvalue weighted by molar-refractivity contribution is 9.10. The minimum absolute atomic E-state index is 0.0779. The molecule has 0 aliphatic carbocycles. The lowest BCUT2D eigenvalue weighted by Crippen LogP contribution is -2.18. The van der Waals surface area contributed by atoms with Crippen LogP contribution in [-0.2, 0) is 4.74 Å². The number of primary amides is 1. The van der Waals surface area contributed by atoms with Crippen LogP contribution >= 0.6 is 15.9 Å². The van der Waals surface area contributed by atoms with Gasteiger partial charge in [-0.15, -0.1) is 0 Å². The van der Waals surface area contributed by atoms with Crippen molar-refractivity contribution in [1.82, 2.24) is 0 Å². The zero-order valence-corrected chi connectivity index (χ0v) is 10.1. The van der Waals surface area contributed by atoms with Gasteiger partial charge in [-0.25, -0.2) is 9.59 Å². The maximum absolute atomic E-state index is 11.5. The first kappa shape index (κ1) is 12.5. The van der Waals surface area contributed by atoms with Crippen molar-refractivity contribution in [2.75, 3.05) is 6.61 Å². The highest BCUT2D eigenvalue weighted by Crippen LogP contribution is 2.24. The van der Waals surface area contributed by atoms with E-state index in [9.17, 15) is 9.59 Å². The SMILES string of the molecule is CCOC(=O)c1cc(Br)ccc1OC(N)=O. The van der Waals surface area contributed by atoms with Gasteiger partial charge in [-0.3, -0.25) is 0 Å². The van der Waals surface area contributed by atoms with E-state index in [4.69, 9.17) is 10.5 Å². The summed E-state index contributed by atoms with van der Waals surface area (Å²) in [6, 6.07) is 4.58. The summed E-state index contributed by atoms with van der Waals surface area (Å²) in [5.41, 5.74) is 5.03. The van der Waals surface area contributed by atoms with Crippen molar-refractivity contribution in [2.45, 2.75) is 6.92 Å². The Bertz CT molecular complexity index is 419. The second-order valence-electron chi connectivity index (χ2n) is 2.78. The van der Waals surface area contributed by atoms with Crippen molar-refractivity contribution in [2.24, 2.45) is 5.73 Å². The van der Waals surface area contributed by atoms with Crippen molar-refractivity contribution in [1.29, 1.82) is 0 Å². The van der Waals surface area contributed by atoms with Crippen LogP contribution in [-0.4, -0.2) is 18.7 Å². The fraction of sp³-hybridized carbons (Fsp3) is 0.200. The molecular weight excluding hydrogens is 278 g/mol. The number of hydrogen-bond acceptors (Lipinski definition) is 4. The topological polar surface area (TPSA) is 78.6 Å². The summed E-state index contributed by atoms with van der Waals surface area (Å²) in [6.45, 7) is 1.92.